The number of rotatable bonds is 2. The second-order valence-corrected chi connectivity index (χ2v) is 5.07. The summed E-state index contributed by atoms with van der Waals surface area (Å²) in [4.78, 5) is 11.4. The lowest BCUT2D eigenvalue weighted by atomic mass is 10.1. The molecule has 0 atom stereocenters. The third-order valence-electron chi connectivity index (χ3n) is 2.89. The monoisotopic (exact) mass is 263 g/mol. The van der Waals surface area contributed by atoms with Crippen LogP contribution in [0.25, 0.3) is 0 Å². The fourth-order valence-corrected chi connectivity index (χ4v) is 1.75. The van der Waals surface area contributed by atoms with E-state index in [0.717, 1.165) is 29.7 Å². The zero-order valence-electron chi connectivity index (χ0n) is 10.5. The van der Waals surface area contributed by atoms with Crippen LogP contribution in [0.15, 0.2) is 18.2 Å². The summed E-state index contributed by atoms with van der Waals surface area (Å²) in [5, 5.41) is 3.47. The summed E-state index contributed by atoms with van der Waals surface area (Å²) in [6.45, 7) is 4.03. The van der Waals surface area contributed by atoms with Crippen molar-refractivity contribution in [1.29, 1.82) is 0 Å². The first-order chi connectivity index (χ1) is 8.56. The van der Waals surface area contributed by atoms with Crippen LogP contribution in [0, 0.1) is 19.8 Å². The average molecular weight is 263 g/mol. The fourth-order valence-electron chi connectivity index (χ4n) is 1.59. The predicted octanol–water partition coefficient (Wildman–Crippen LogP) is 2.03. The summed E-state index contributed by atoms with van der Waals surface area (Å²) >= 11 is 5.13. The van der Waals surface area contributed by atoms with E-state index in [1.165, 1.54) is 0 Å². The number of hydrogen-bond donors (Lipinski definition) is 3. The quantitative estimate of drug-likeness (QED) is 0.564. The van der Waals surface area contributed by atoms with Gasteiger partial charge in [0, 0.05) is 11.6 Å². The molecule has 0 bridgehead atoms. The van der Waals surface area contributed by atoms with Gasteiger partial charge in [0.25, 0.3) is 0 Å². The van der Waals surface area contributed by atoms with Gasteiger partial charge in [-0.3, -0.25) is 15.6 Å². The molecule has 0 aromatic heterocycles. The Morgan fingerprint density at radius 1 is 1.28 bits per heavy atom. The maximum Gasteiger partial charge on any atom is 0.241 e. The van der Waals surface area contributed by atoms with Crippen molar-refractivity contribution >= 4 is 28.9 Å². The minimum absolute atomic E-state index is 0.0140. The van der Waals surface area contributed by atoms with E-state index >= 15 is 0 Å². The largest absolute Gasteiger partial charge is 0.331 e. The molecule has 0 unspecified atom stereocenters. The van der Waals surface area contributed by atoms with E-state index in [1.807, 2.05) is 32.0 Å². The van der Waals surface area contributed by atoms with E-state index in [9.17, 15) is 4.79 Å². The number of amides is 1. The SMILES string of the molecule is Cc1ccc(C)c(NC(=S)NNC(=O)C2CC2)c1. The molecular formula is C13H17N3OS. The van der Waals surface area contributed by atoms with Gasteiger partial charge in [0.2, 0.25) is 5.91 Å². The highest BCUT2D eigenvalue weighted by Gasteiger charge is 2.29. The smallest absolute Gasteiger partial charge is 0.241 e. The number of carbonyl (C=O) groups excluding carboxylic acids is 1. The van der Waals surface area contributed by atoms with Crippen LogP contribution in [0.4, 0.5) is 5.69 Å². The average Bonchev–Trinajstić information content (AvgIpc) is 3.15. The van der Waals surface area contributed by atoms with E-state index in [4.69, 9.17) is 12.2 Å². The molecule has 0 radical (unpaired) electrons. The summed E-state index contributed by atoms with van der Waals surface area (Å²) in [6, 6.07) is 6.10. The van der Waals surface area contributed by atoms with Crippen molar-refractivity contribution in [2.24, 2.45) is 5.92 Å². The van der Waals surface area contributed by atoms with E-state index in [0.29, 0.717) is 5.11 Å². The Hall–Kier alpha value is -1.62. The highest BCUT2D eigenvalue weighted by atomic mass is 32.1. The van der Waals surface area contributed by atoms with Gasteiger partial charge in [-0.15, -0.1) is 0 Å². The van der Waals surface area contributed by atoms with Crippen LogP contribution in [-0.4, -0.2) is 11.0 Å². The number of anilines is 1. The van der Waals surface area contributed by atoms with Crippen LogP contribution in [0.3, 0.4) is 0 Å². The summed E-state index contributed by atoms with van der Waals surface area (Å²) in [7, 11) is 0. The molecule has 0 heterocycles. The molecule has 1 amide bonds. The Kier molecular flexibility index (Phi) is 3.81. The van der Waals surface area contributed by atoms with Gasteiger partial charge in [-0.05, 0) is 56.1 Å². The van der Waals surface area contributed by atoms with E-state index in [-0.39, 0.29) is 11.8 Å². The highest BCUT2D eigenvalue weighted by Crippen LogP contribution is 2.28. The molecule has 3 N–H and O–H groups in total. The van der Waals surface area contributed by atoms with Gasteiger partial charge in [-0.2, -0.15) is 0 Å². The van der Waals surface area contributed by atoms with Crippen LogP contribution >= 0.6 is 12.2 Å². The lowest BCUT2D eigenvalue weighted by Crippen LogP contribution is -2.44. The Morgan fingerprint density at radius 3 is 2.67 bits per heavy atom. The minimum atomic E-state index is 0.0140. The molecule has 1 aromatic rings. The molecule has 1 aliphatic carbocycles. The van der Waals surface area contributed by atoms with E-state index in [1.54, 1.807) is 0 Å². The van der Waals surface area contributed by atoms with Crippen molar-refractivity contribution < 1.29 is 4.79 Å². The van der Waals surface area contributed by atoms with Crippen molar-refractivity contribution in [3.63, 3.8) is 0 Å². The maximum absolute atomic E-state index is 11.4. The van der Waals surface area contributed by atoms with Gasteiger partial charge in [0.15, 0.2) is 5.11 Å². The lowest BCUT2D eigenvalue weighted by Gasteiger charge is -2.13. The molecule has 1 fully saturated rings. The van der Waals surface area contributed by atoms with Gasteiger partial charge >= 0.3 is 0 Å². The van der Waals surface area contributed by atoms with Gasteiger partial charge < -0.3 is 5.32 Å². The first-order valence-corrected chi connectivity index (χ1v) is 6.41. The van der Waals surface area contributed by atoms with Crippen LogP contribution in [0.5, 0.6) is 0 Å². The van der Waals surface area contributed by atoms with Crippen molar-refractivity contribution in [2.45, 2.75) is 26.7 Å². The number of benzene rings is 1. The third-order valence-corrected chi connectivity index (χ3v) is 3.09. The number of thiocarbonyl (C=S) groups is 1. The Labute approximate surface area is 112 Å². The van der Waals surface area contributed by atoms with E-state index < -0.39 is 0 Å². The maximum atomic E-state index is 11.4. The van der Waals surface area contributed by atoms with Crippen molar-refractivity contribution in [3.05, 3.63) is 29.3 Å². The Morgan fingerprint density at radius 2 is 2.00 bits per heavy atom. The molecule has 4 nitrogen and oxygen atoms in total. The number of hydrogen-bond acceptors (Lipinski definition) is 2. The van der Waals surface area contributed by atoms with Gasteiger partial charge in [-0.1, -0.05) is 12.1 Å². The molecule has 2 rings (SSSR count). The summed E-state index contributed by atoms with van der Waals surface area (Å²) in [5.74, 6) is 0.182. The zero-order chi connectivity index (χ0) is 13.1. The molecule has 1 aliphatic rings. The van der Waals surface area contributed by atoms with Gasteiger partial charge in [-0.25, -0.2) is 0 Å². The van der Waals surface area contributed by atoms with Crippen LogP contribution in [-0.2, 0) is 4.79 Å². The normalized spacial score (nSPS) is 13.9. The Bertz CT molecular complexity index is 483. The number of carbonyl (C=O) groups is 1. The third kappa shape index (κ3) is 3.43. The first kappa shape index (κ1) is 12.8. The molecule has 0 aliphatic heterocycles. The van der Waals surface area contributed by atoms with Crippen molar-refractivity contribution in [3.8, 4) is 0 Å². The Balaban J connectivity index is 1.86. The van der Waals surface area contributed by atoms with Gasteiger partial charge in [0.05, 0.1) is 0 Å². The topological polar surface area (TPSA) is 53.2 Å². The number of nitrogens with one attached hydrogen (secondary N) is 3. The summed E-state index contributed by atoms with van der Waals surface area (Å²) in [5.41, 5.74) is 8.55. The molecule has 1 saturated carbocycles. The number of hydrazine groups is 1. The molecule has 1 aromatic carbocycles. The van der Waals surface area contributed by atoms with Crippen molar-refractivity contribution in [1.82, 2.24) is 10.9 Å². The lowest BCUT2D eigenvalue weighted by molar-refractivity contribution is -0.122. The molecule has 0 spiro atoms. The van der Waals surface area contributed by atoms with Crippen molar-refractivity contribution in [2.75, 3.05) is 5.32 Å². The first-order valence-electron chi connectivity index (χ1n) is 6.00. The summed E-state index contributed by atoms with van der Waals surface area (Å²) in [6.07, 6.45) is 1.95. The molecule has 18 heavy (non-hydrogen) atoms. The standard InChI is InChI=1S/C13H17N3OS/c1-8-3-4-9(2)11(7-8)14-13(18)16-15-12(17)10-5-6-10/h3-4,7,10H,5-6H2,1-2H3,(H,15,17)(H2,14,16,18). The second kappa shape index (κ2) is 5.35. The second-order valence-electron chi connectivity index (χ2n) is 4.66. The molecule has 0 saturated heterocycles. The van der Waals surface area contributed by atoms with Gasteiger partial charge in [0.1, 0.15) is 0 Å². The highest BCUT2D eigenvalue weighted by molar-refractivity contribution is 7.80. The fraction of sp³-hybridized carbons (Fsp3) is 0.385. The summed E-state index contributed by atoms with van der Waals surface area (Å²) < 4.78 is 0. The minimum Gasteiger partial charge on any atom is -0.331 e. The predicted molar refractivity (Wildman–Crippen MR) is 76.1 cm³/mol. The molecule has 96 valence electrons. The molecular weight excluding hydrogens is 246 g/mol. The van der Waals surface area contributed by atoms with Crippen LogP contribution in [0.1, 0.15) is 24.0 Å². The zero-order valence-corrected chi connectivity index (χ0v) is 11.4. The van der Waals surface area contributed by atoms with E-state index in [2.05, 4.69) is 16.2 Å². The molecule has 5 heteroatoms. The number of aryl methyl sites for hydroxylation is 2. The van der Waals surface area contributed by atoms with Crippen LogP contribution < -0.4 is 16.2 Å². The van der Waals surface area contributed by atoms with Crippen LogP contribution in [0.2, 0.25) is 0 Å².